The van der Waals surface area contributed by atoms with Crippen LogP contribution >= 0.6 is 0 Å². The Balaban J connectivity index is 1.95. The second-order valence-corrected chi connectivity index (χ2v) is 5.69. The zero-order chi connectivity index (χ0) is 15.5. The Labute approximate surface area is 131 Å². The normalized spacial score (nSPS) is 11.2. The summed E-state index contributed by atoms with van der Waals surface area (Å²) in [5.41, 5.74) is 5.98. The average Bonchev–Trinajstić information content (AvgIpc) is 2.52. The average molecular weight is 288 g/mol. The Kier molecular flexibility index (Phi) is 3.92. The molecule has 1 aromatic heterocycles. The van der Waals surface area contributed by atoms with Gasteiger partial charge in [-0.25, -0.2) is 0 Å². The Morgan fingerprint density at radius 1 is 0.955 bits per heavy atom. The van der Waals surface area contributed by atoms with E-state index in [0.29, 0.717) is 0 Å². The summed E-state index contributed by atoms with van der Waals surface area (Å²) < 4.78 is 0. The van der Waals surface area contributed by atoms with Gasteiger partial charge in [-0.1, -0.05) is 36.4 Å². The molecule has 0 atom stereocenters. The molecule has 0 aliphatic carbocycles. The highest BCUT2D eigenvalue weighted by Gasteiger charge is 2.01. The minimum Gasteiger partial charge on any atom is -0.377 e. The maximum absolute atomic E-state index is 4.40. The highest BCUT2D eigenvalue weighted by molar-refractivity contribution is 5.90. The first-order valence-corrected chi connectivity index (χ1v) is 7.45. The van der Waals surface area contributed by atoms with E-state index in [-0.39, 0.29) is 0 Å². The number of para-hydroxylation sites is 1. The van der Waals surface area contributed by atoms with Crippen LogP contribution < -0.4 is 4.90 Å². The number of anilines is 1. The minimum atomic E-state index is 1.03. The predicted octanol–water partition coefficient (Wildman–Crippen LogP) is 4.78. The van der Waals surface area contributed by atoms with Crippen molar-refractivity contribution >= 4 is 28.7 Å². The van der Waals surface area contributed by atoms with Crippen molar-refractivity contribution in [2.75, 3.05) is 19.0 Å². The number of fused-ring (bicyclic) bond motifs is 1. The predicted molar refractivity (Wildman–Crippen MR) is 96.2 cm³/mol. The molecule has 2 nitrogen and oxygen atoms in total. The van der Waals surface area contributed by atoms with Crippen LogP contribution in [0, 0.1) is 6.92 Å². The first-order chi connectivity index (χ1) is 10.6. The molecule has 110 valence electrons. The third kappa shape index (κ3) is 2.86. The molecule has 2 heteroatoms. The van der Waals surface area contributed by atoms with E-state index in [4.69, 9.17) is 0 Å². The SMILES string of the molecule is Cc1cc(/C=C/c2ccnc3ccccc23)ccc1N(C)C. The molecule has 0 aliphatic rings. The van der Waals surface area contributed by atoms with Gasteiger partial charge in [0, 0.05) is 31.4 Å². The van der Waals surface area contributed by atoms with E-state index in [0.717, 1.165) is 5.52 Å². The van der Waals surface area contributed by atoms with Gasteiger partial charge in [-0.15, -0.1) is 0 Å². The highest BCUT2D eigenvalue weighted by Crippen LogP contribution is 2.22. The van der Waals surface area contributed by atoms with E-state index in [9.17, 15) is 0 Å². The summed E-state index contributed by atoms with van der Waals surface area (Å²) in [4.78, 5) is 6.54. The first-order valence-electron chi connectivity index (χ1n) is 7.45. The zero-order valence-corrected chi connectivity index (χ0v) is 13.2. The highest BCUT2D eigenvalue weighted by atomic mass is 15.1. The van der Waals surface area contributed by atoms with Crippen LogP contribution in [0.15, 0.2) is 54.7 Å². The van der Waals surface area contributed by atoms with E-state index in [2.05, 4.69) is 79.5 Å². The van der Waals surface area contributed by atoms with Gasteiger partial charge in [0.05, 0.1) is 5.52 Å². The molecule has 0 aliphatic heterocycles. The van der Waals surface area contributed by atoms with Gasteiger partial charge in [-0.3, -0.25) is 4.98 Å². The van der Waals surface area contributed by atoms with E-state index < -0.39 is 0 Å². The lowest BCUT2D eigenvalue weighted by molar-refractivity contribution is 1.11. The number of pyridine rings is 1. The molecule has 0 spiro atoms. The fourth-order valence-electron chi connectivity index (χ4n) is 2.73. The van der Waals surface area contributed by atoms with Gasteiger partial charge in [-0.05, 0) is 47.9 Å². The molecule has 0 N–H and O–H groups in total. The molecule has 0 radical (unpaired) electrons. The molecule has 0 unspecified atom stereocenters. The maximum atomic E-state index is 4.40. The smallest absolute Gasteiger partial charge is 0.0707 e. The fraction of sp³-hybridized carbons (Fsp3) is 0.150. The van der Waals surface area contributed by atoms with Gasteiger partial charge in [0.15, 0.2) is 0 Å². The number of hydrogen-bond acceptors (Lipinski definition) is 2. The Morgan fingerprint density at radius 2 is 1.77 bits per heavy atom. The lowest BCUT2D eigenvalue weighted by Gasteiger charge is -2.15. The van der Waals surface area contributed by atoms with Gasteiger partial charge in [0.2, 0.25) is 0 Å². The lowest BCUT2D eigenvalue weighted by atomic mass is 10.1. The lowest BCUT2D eigenvalue weighted by Crippen LogP contribution is -2.09. The second-order valence-electron chi connectivity index (χ2n) is 5.69. The summed E-state index contributed by atoms with van der Waals surface area (Å²) >= 11 is 0. The number of hydrogen-bond donors (Lipinski definition) is 0. The summed E-state index contributed by atoms with van der Waals surface area (Å²) in [7, 11) is 4.14. The van der Waals surface area contributed by atoms with Crippen molar-refractivity contribution in [2.45, 2.75) is 6.92 Å². The Hall–Kier alpha value is -2.61. The molecule has 3 aromatic rings. The summed E-state index contributed by atoms with van der Waals surface area (Å²) in [6.45, 7) is 2.15. The van der Waals surface area contributed by atoms with Crippen molar-refractivity contribution in [3.8, 4) is 0 Å². The third-order valence-corrected chi connectivity index (χ3v) is 3.84. The number of aryl methyl sites for hydroxylation is 1. The summed E-state index contributed by atoms with van der Waals surface area (Å²) in [6, 6.07) is 16.8. The van der Waals surface area contributed by atoms with Crippen LogP contribution in [0.25, 0.3) is 23.1 Å². The monoisotopic (exact) mass is 288 g/mol. The molecule has 1 heterocycles. The Morgan fingerprint density at radius 3 is 2.55 bits per heavy atom. The van der Waals surface area contributed by atoms with Crippen LogP contribution in [-0.2, 0) is 0 Å². The van der Waals surface area contributed by atoms with Gasteiger partial charge >= 0.3 is 0 Å². The second kappa shape index (κ2) is 6.02. The summed E-state index contributed by atoms with van der Waals surface area (Å²) in [5, 5.41) is 1.18. The van der Waals surface area contributed by atoms with Crippen LogP contribution in [0.1, 0.15) is 16.7 Å². The molecular weight excluding hydrogens is 268 g/mol. The molecule has 22 heavy (non-hydrogen) atoms. The fourth-order valence-corrected chi connectivity index (χ4v) is 2.73. The van der Waals surface area contributed by atoms with Crippen LogP contribution in [0.5, 0.6) is 0 Å². The maximum Gasteiger partial charge on any atom is 0.0707 e. The van der Waals surface area contributed by atoms with E-state index >= 15 is 0 Å². The van der Waals surface area contributed by atoms with Gasteiger partial charge < -0.3 is 4.90 Å². The van der Waals surface area contributed by atoms with Crippen LogP contribution in [0.3, 0.4) is 0 Å². The van der Waals surface area contributed by atoms with Gasteiger partial charge in [-0.2, -0.15) is 0 Å². The van der Waals surface area contributed by atoms with Gasteiger partial charge in [0.1, 0.15) is 0 Å². The number of nitrogens with zero attached hydrogens (tertiary/aromatic N) is 2. The number of aromatic nitrogens is 1. The Bertz CT molecular complexity index is 827. The molecule has 3 rings (SSSR count). The zero-order valence-electron chi connectivity index (χ0n) is 13.2. The minimum absolute atomic E-state index is 1.03. The van der Waals surface area contributed by atoms with E-state index in [1.54, 1.807) is 0 Å². The summed E-state index contributed by atoms with van der Waals surface area (Å²) in [5.74, 6) is 0. The molecule has 0 saturated carbocycles. The topological polar surface area (TPSA) is 16.1 Å². The number of rotatable bonds is 3. The van der Waals surface area contributed by atoms with Crippen LogP contribution in [-0.4, -0.2) is 19.1 Å². The molecule has 0 saturated heterocycles. The summed E-state index contributed by atoms with van der Waals surface area (Å²) in [6.07, 6.45) is 6.19. The van der Waals surface area contributed by atoms with Crippen molar-refractivity contribution in [3.05, 3.63) is 71.4 Å². The standard InChI is InChI=1S/C20H20N2/c1-15-14-16(9-11-20(15)22(2)3)8-10-17-12-13-21-19-7-5-4-6-18(17)19/h4-14H,1-3H3/b10-8+. The largest absolute Gasteiger partial charge is 0.377 e. The number of benzene rings is 2. The van der Waals surface area contributed by atoms with Crippen molar-refractivity contribution in [3.63, 3.8) is 0 Å². The van der Waals surface area contributed by atoms with Gasteiger partial charge in [0.25, 0.3) is 0 Å². The molecule has 2 aromatic carbocycles. The van der Waals surface area contributed by atoms with Crippen molar-refractivity contribution in [1.82, 2.24) is 4.98 Å². The molecule has 0 fully saturated rings. The van der Waals surface area contributed by atoms with Crippen molar-refractivity contribution in [1.29, 1.82) is 0 Å². The third-order valence-electron chi connectivity index (χ3n) is 3.84. The molecule has 0 amide bonds. The molecular formula is C20H20N2. The van der Waals surface area contributed by atoms with Crippen molar-refractivity contribution < 1.29 is 0 Å². The van der Waals surface area contributed by atoms with Crippen LogP contribution in [0.2, 0.25) is 0 Å². The quantitative estimate of drug-likeness (QED) is 0.689. The molecule has 0 bridgehead atoms. The van der Waals surface area contributed by atoms with E-state index in [1.165, 1.54) is 27.8 Å². The van der Waals surface area contributed by atoms with E-state index in [1.807, 2.05) is 18.3 Å². The first kappa shape index (κ1) is 14.3. The van der Waals surface area contributed by atoms with Crippen molar-refractivity contribution in [2.24, 2.45) is 0 Å². The van der Waals surface area contributed by atoms with Crippen LogP contribution in [0.4, 0.5) is 5.69 Å².